The van der Waals surface area contributed by atoms with Gasteiger partial charge in [0.1, 0.15) is 11.5 Å². The first-order valence-corrected chi connectivity index (χ1v) is 5.40. The number of hydrogen-bond donors (Lipinski definition) is 3. The maximum absolute atomic E-state index is 9.56. The number of hydrogen-bond acceptors (Lipinski definition) is 5. The Morgan fingerprint density at radius 2 is 2.06 bits per heavy atom. The number of aromatic hydroxyl groups is 2. The molecule has 1 atom stereocenters. The first-order chi connectivity index (χ1) is 8.17. The van der Waals surface area contributed by atoms with E-state index in [1.54, 1.807) is 26.4 Å². The van der Waals surface area contributed by atoms with Gasteiger partial charge in [-0.2, -0.15) is 0 Å². The lowest BCUT2D eigenvalue weighted by Crippen LogP contribution is -2.31. The fourth-order valence-corrected chi connectivity index (χ4v) is 1.47. The highest BCUT2D eigenvalue weighted by Gasteiger charge is 2.07. The third-order valence-electron chi connectivity index (χ3n) is 2.44. The molecule has 0 aromatic heterocycles. The van der Waals surface area contributed by atoms with Crippen molar-refractivity contribution in [1.82, 2.24) is 5.32 Å². The quantitative estimate of drug-likeness (QED) is 0.660. The van der Waals surface area contributed by atoms with Gasteiger partial charge in [0, 0.05) is 38.9 Å². The molecule has 17 heavy (non-hydrogen) atoms. The summed E-state index contributed by atoms with van der Waals surface area (Å²) in [5.74, 6) is 0.138. The van der Waals surface area contributed by atoms with Crippen molar-refractivity contribution in [2.24, 2.45) is 0 Å². The minimum atomic E-state index is -0.0146. The molecule has 0 fully saturated rings. The molecule has 0 aliphatic rings. The van der Waals surface area contributed by atoms with Gasteiger partial charge >= 0.3 is 0 Å². The number of nitrogens with one attached hydrogen (secondary N) is 1. The topological polar surface area (TPSA) is 71.0 Å². The summed E-state index contributed by atoms with van der Waals surface area (Å²) in [4.78, 5) is 0. The summed E-state index contributed by atoms with van der Waals surface area (Å²) in [6, 6.07) is 4.54. The monoisotopic (exact) mass is 241 g/mol. The summed E-state index contributed by atoms with van der Waals surface area (Å²) in [5.41, 5.74) is 0.732. The maximum Gasteiger partial charge on any atom is 0.123 e. The molecule has 0 spiro atoms. The van der Waals surface area contributed by atoms with Crippen molar-refractivity contribution in [3.05, 3.63) is 23.8 Å². The normalized spacial score (nSPS) is 12.6. The van der Waals surface area contributed by atoms with Gasteiger partial charge in [-0.15, -0.1) is 0 Å². The van der Waals surface area contributed by atoms with Crippen molar-refractivity contribution in [3.63, 3.8) is 0 Å². The van der Waals surface area contributed by atoms with Crippen molar-refractivity contribution >= 4 is 0 Å². The van der Waals surface area contributed by atoms with Gasteiger partial charge in [0.15, 0.2) is 0 Å². The Morgan fingerprint density at radius 1 is 1.29 bits per heavy atom. The van der Waals surface area contributed by atoms with E-state index >= 15 is 0 Å². The fourth-order valence-electron chi connectivity index (χ4n) is 1.47. The molecule has 5 heteroatoms. The van der Waals surface area contributed by atoms with Gasteiger partial charge in [0.05, 0.1) is 12.7 Å². The van der Waals surface area contributed by atoms with Crippen LogP contribution in [0.25, 0.3) is 0 Å². The van der Waals surface area contributed by atoms with Crippen LogP contribution in [0.5, 0.6) is 11.5 Å². The van der Waals surface area contributed by atoms with Gasteiger partial charge in [0.2, 0.25) is 0 Å². The van der Waals surface area contributed by atoms with Crippen molar-refractivity contribution in [2.45, 2.75) is 12.6 Å². The van der Waals surface area contributed by atoms with E-state index in [1.165, 1.54) is 6.07 Å². The van der Waals surface area contributed by atoms with E-state index in [4.69, 9.17) is 14.6 Å². The molecule has 96 valence electrons. The third-order valence-corrected chi connectivity index (χ3v) is 2.44. The molecule has 0 radical (unpaired) electrons. The molecule has 1 unspecified atom stereocenters. The van der Waals surface area contributed by atoms with Crippen LogP contribution in [0.4, 0.5) is 0 Å². The number of rotatable bonds is 7. The molecule has 0 heterocycles. The lowest BCUT2D eigenvalue weighted by atomic mass is 10.2. The zero-order chi connectivity index (χ0) is 12.7. The van der Waals surface area contributed by atoms with Gasteiger partial charge in [0.25, 0.3) is 0 Å². The largest absolute Gasteiger partial charge is 0.508 e. The average molecular weight is 241 g/mol. The zero-order valence-electron chi connectivity index (χ0n) is 10.1. The van der Waals surface area contributed by atoms with Crippen molar-refractivity contribution in [3.8, 4) is 11.5 Å². The molecule has 1 aromatic rings. The van der Waals surface area contributed by atoms with Crippen LogP contribution in [-0.4, -0.2) is 43.7 Å². The van der Waals surface area contributed by atoms with E-state index in [1.807, 2.05) is 0 Å². The van der Waals surface area contributed by atoms with Gasteiger partial charge in [-0.1, -0.05) is 6.07 Å². The van der Waals surface area contributed by atoms with Crippen LogP contribution in [0.2, 0.25) is 0 Å². The lowest BCUT2D eigenvalue weighted by molar-refractivity contribution is 0.0287. The highest BCUT2D eigenvalue weighted by Crippen LogP contribution is 2.22. The SMILES string of the molecule is COCC(CNCc1ccc(O)cc1O)OC. The van der Waals surface area contributed by atoms with E-state index in [2.05, 4.69) is 5.32 Å². The van der Waals surface area contributed by atoms with Gasteiger partial charge in [-0.25, -0.2) is 0 Å². The predicted molar refractivity (Wildman–Crippen MR) is 64.2 cm³/mol. The number of phenolic OH excluding ortho intramolecular Hbond substituents is 2. The molecule has 0 saturated carbocycles. The van der Waals surface area contributed by atoms with E-state index in [-0.39, 0.29) is 17.6 Å². The van der Waals surface area contributed by atoms with E-state index in [0.29, 0.717) is 19.7 Å². The molecule has 0 saturated heterocycles. The third kappa shape index (κ3) is 4.60. The molecule has 1 aromatic carbocycles. The molecule has 5 nitrogen and oxygen atoms in total. The van der Waals surface area contributed by atoms with Crippen LogP contribution >= 0.6 is 0 Å². The van der Waals surface area contributed by atoms with Gasteiger partial charge < -0.3 is 25.0 Å². The highest BCUT2D eigenvalue weighted by atomic mass is 16.5. The molecule has 1 rings (SSSR count). The first kappa shape index (κ1) is 13.8. The van der Waals surface area contributed by atoms with Crippen LogP contribution in [-0.2, 0) is 16.0 Å². The summed E-state index contributed by atoms with van der Waals surface area (Å²) in [6.07, 6.45) is -0.0146. The second kappa shape index (κ2) is 7.11. The highest BCUT2D eigenvalue weighted by molar-refractivity contribution is 5.38. The summed E-state index contributed by atoms with van der Waals surface area (Å²) in [5, 5.41) is 21.9. The average Bonchev–Trinajstić information content (AvgIpc) is 2.30. The Kier molecular flexibility index (Phi) is 5.76. The minimum absolute atomic E-state index is 0.0146. The number of ether oxygens (including phenoxy) is 2. The number of benzene rings is 1. The van der Waals surface area contributed by atoms with Crippen LogP contribution in [0.15, 0.2) is 18.2 Å². The van der Waals surface area contributed by atoms with E-state index < -0.39 is 0 Å². The number of phenols is 2. The van der Waals surface area contributed by atoms with Crippen LogP contribution in [0.3, 0.4) is 0 Å². The molecule has 0 amide bonds. The Labute approximate surface area is 101 Å². The second-order valence-corrected chi connectivity index (χ2v) is 3.76. The Hall–Kier alpha value is -1.30. The summed E-state index contributed by atoms with van der Waals surface area (Å²) in [6.45, 7) is 1.66. The molecule has 0 bridgehead atoms. The Balaban J connectivity index is 2.39. The standard InChI is InChI=1S/C12H19NO4/c1-16-8-11(17-2)7-13-6-9-3-4-10(14)5-12(9)15/h3-5,11,13-15H,6-8H2,1-2H3. The van der Waals surface area contributed by atoms with Crippen LogP contribution in [0, 0.1) is 0 Å². The first-order valence-electron chi connectivity index (χ1n) is 5.40. The van der Waals surface area contributed by atoms with Gasteiger partial charge in [-0.3, -0.25) is 0 Å². The van der Waals surface area contributed by atoms with Gasteiger partial charge in [-0.05, 0) is 6.07 Å². The van der Waals surface area contributed by atoms with E-state index in [9.17, 15) is 5.11 Å². The zero-order valence-corrected chi connectivity index (χ0v) is 10.1. The number of methoxy groups -OCH3 is 2. The minimum Gasteiger partial charge on any atom is -0.508 e. The van der Waals surface area contributed by atoms with E-state index in [0.717, 1.165) is 5.56 Å². The summed E-state index contributed by atoms with van der Waals surface area (Å²) in [7, 11) is 3.25. The Morgan fingerprint density at radius 3 is 2.65 bits per heavy atom. The molecule has 0 aliphatic heterocycles. The van der Waals surface area contributed by atoms with Crippen LogP contribution in [0.1, 0.15) is 5.56 Å². The summed E-state index contributed by atoms with van der Waals surface area (Å²) < 4.78 is 10.2. The molecule has 0 aliphatic carbocycles. The summed E-state index contributed by atoms with van der Waals surface area (Å²) >= 11 is 0. The second-order valence-electron chi connectivity index (χ2n) is 3.76. The fraction of sp³-hybridized carbons (Fsp3) is 0.500. The van der Waals surface area contributed by atoms with Crippen LogP contribution < -0.4 is 5.32 Å². The van der Waals surface area contributed by atoms with Crippen molar-refractivity contribution in [1.29, 1.82) is 0 Å². The maximum atomic E-state index is 9.56. The predicted octanol–water partition coefficient (Wildman–Crippen LogP) is 0.849. The molecular weight excluding hydrogens is 222 g/mol. The molecular formula is C12H19NO4. The lowest BCUT2D eigenvalue weighted by Gasteiger charge is -2.15. The molecule has 3 N–H and O–H groups in total. The smallest absolute Gasteiger partial charge is 0.123 e. The van der Waals surface area contributed by atoms with Crippen molar-refractivity contribution in [2.75, 3.05) is 27.4 Å². The Bertz CT molecular complexity index is 343. The van der Waals surface area contributed by atoms with Crippen molar-refractivity contribution < 1.29 is 19.7 Å².